The summed E-state index contributed by atoms with van der Waals surface area (Å²) >= 11 is 3.38. The summed E-state index contributed by atoms with van der Waals surface area (Å²) in [6, 6.07) is 5.55. The molecule has 5 heteroatoms. The molecule has 19 heavy (non-hydrogen) atoms. The number of hydrogen-bond acceptors (Lipinski definition) is 3. The van der Waals surface area contributed by atoms with E-state index >= 15 is 0 Å². The van der Waals surface area contributed by atoms with Gasteiger partial charge in [-0.15, -0.1) is 0 Å². The number of halogens is 1. The number of nitrogens with one attached hydrogen (secondary N) is 2. The van der Waals surface area contributed by atoms with Crippen LogP contribution in [0.3, 0.4) is 0 Å². The molecule has 1 heterocycles. The van der Waals surface area contributed by atoms with Crippen molar-refractivity contribution in [2.75, 3.05) is 25.0 Å². The molecular formula is C14H20BrN3O. The summed E-state index contributed by atoms with van der Waals surface area (Å²) < 4.78 is 0.737. The number of primary amides is 1. The van der Waals surface area contributed by atoms with Crippen molar-refractivity contribution in [2.24, 2.45) is 11.1 Å². The Morgan fingerprint density at radius 1 is 1.47 bits per heavy atom. The van der Waals surface area contributed by atoms with Gasteiger partial charge in [-0.3, -0.25) is 4.79 Å². The third kappa shape index (κ3) is 3.70. The van der Waals surface area contributed by atoms with E-state index < -0.39 is 5.91 Å². The van der Waals surface area contributed by atoms with Crippen LogP contribution in [-0.2, 0) is 0 Å². The predicted molar refractivity (Wildman–Crippen MR) is 81.4 cm³/mol. The average molecular weight is 326 g/mol. The second kappa shape index (κ2) is 5.92. The number of amides is 1. The summed E-state index contributed by atoms with van der Waals surface area (Å²) in [6.45, 7) is 5.43. The van der Waals surface area contributed by atoms with Crippen molar-refractivity contribution in [3.63, 3.8) is 0 Å². The van der Waals surface area contributed by atoms with Gasteiger partial charge in [0.15, 0.2) is 0 Å². The maximum atomic E-state index is 11.2. The second-order valence-corrected chi connectivity index (χ2v) is 6.33. The lowest BCUT2D eigenvalue weighted by molar-refractivity contribution is 0.0999. The number of nitrogens with two attached hydrogens (primary N) is 1. The molecular weight excluding hydrogens is 306 g/mol. The maximum absolute atomic E-state index is 11.2. The molecule has 0 bridgehead atoms. The first-order valence-electron chi connectivity index (χ1n) is 6.54. The standard InChI is InChI=1S/C14H20BrN3O/c1-14(4-6-17-7-5-14)9-18-10-2-3-11(13(16)19)12(15)8-10/h2-3,8,17-18H,4-7,9H2,1H3,(H2,16,19). The van der Waals surface area contributed by atoms with Crippen LogP contribution in [0.25, 0.3) is 0 Å². The third-order valence-corrected chi connectivity index (χ3v) is 4.42. The highest BCUT2D eigenvalue weighted by atomic mass is 79.9. The minimum atomic E-state index is -0.413. The van der Waals surface area contributed by atoms with Crippen LogP contribution in [0.1, 0.15) is 30.1 Å². The van der Waals surface area contributed by atoms with E-state index in [-0.39, 0.29) is 0 Å². The SMILES string of the molecule is CC1(CNc2ccc(C(N)=O)c(Br)c2)CCNCC1. The molecule has 0 atom stereocenters. The first kappa shape index (κ1) is 14.3. The lowest BCUT2D eigenvalue weighted by Crippen LogP contribution is -2.39. The monoisotopic (exact) mass is 325 g/mol. The smallest absolute Gasteiger partial charge is 0.249 e. The van der Waals surface area contributed by atoms with Gasteiger partial charge in [-0.1, -0.05) is 6.92 Å². The number of carbonyl (C=O) groups excluding carboxylic acids is 1. The Balaban J connectivity index is 2.00. The Bertz CT molecular complexity index is 470. The molecule has 1 aliphatic heterocycles. The predicted octanol–water partition coefficient (Wildman–Crippen LogP) is 2.35. The Hall–Kier alpha value is -1.07. The van der Waals surface area contributed by atoms with Crippen LogP contribution >= 0.6 is 15.9 Å². The summed E-state index contributed by atoms with van der Waals surface area (Å²) in [7, 11) is 0. The van der Waals surface area contributed by atoms with Gasteiger partial charge in [0.2, 0.25) is 5.91 Å². The Morgan fingerprint density at radius 2 is 2.16 bits per heavy atom. The minimum absolute atomic E-state index is 0.333. The molecule has 4 N–H and O–H groups in total. The average Bonchev–Trinajstić information content (AvgIpc) is 2.37. The summed E-state index contributed by atoms with van der Waals surface area (Å²) in [4.78, 5) is 11.2. The topological polar surface area (TPSA) is 67.1 Å². The molecule has 0 spiro atoms. The van der Waals surface area contributed by atoms with Crippen LogP contribution in [0, 0.1) is 5.41 Å². The van der Waals surface area contributed by atoms with Gasteiger partial charge in [0.05, 0.1) is 5.56 Å². The van der Waals surface area contributed by atoms with Crippen molar-refractivity contribution < 1.29 is 4.79 Å². The molecule has 104 valence electrons. The Labute approximate surface area is 122 Å². The van der Waals surface area contributed by atoms with Crippen molar-refractivity contribution >= 4 is 27.5 Å². The summed E-state index contributed by atoms with van der Waals surface area (Å²) in [5.41, 5.74) is 7.14. The van der Waals surface area contributed by atoms with Gasteiger partial charge < -0.3 is 16.4 Å². The molecule has 1 amide bonds. The lowest BCUT2D eigenvalue weighted by Gasteiger charge is -2.34. The fourth-order valence-corrected chi connectivity index (χ4v) is 2.92. The largest absolute Gasteiger partial charge is 0.384 e. The third-order valence-electron chi connectivity index (χ3n) is 3.76. The number of piperidine rings is 1. The molecule has 1 fully saturated rings. The van der Waals surface area contributed by atoms with Gasteiger partial charge in [-0.05, 0) is 65.5 Å². The van der Waals surface area contributed by atoms with Crippen LogP contribution < -0.4 is 16.4 Å². The van der Waals surface area contributed by atoms with Crippen molar-refractivity contribution in [1.29, 1.82) is 0 Å². The van der Waals surface area contributed by atoms with Crippen molar-refractivity contribution in [1.82, 2.24) is 5.32 Å². The number of anilines is 1. The maximum Gasteiger partial charge on any atom is 0.249 e. The molecule has 0 saturated carbocycles. The van der Waals surface area contributed by atoms with Crippen LogP contribution in [-0.4, -0.2) is 25.5 Å². The molecule has 1 aromatic carbocycles. The van der Waals surface area contributed by atoms with E-state index in [0.717, 1.165) is 29.8 Å². The van der Waals surface area contributed by atoms with Crippen LogP contribution in [0.2, 0.25) is 0 Å². The van der Waals surface area contributed by atoms with Gasteiger partial charge >= 0.3 is 0 Å². The minimum Gasteiger partial charge on any atom is -0.384 e. The van der Waals surface area contributed by atoms with Crippen LogP contribution in [0.15, 0.2) is 22.7 Å². The van der Waals surface area contributed by atoms with E-state index in [0.29, 0.717) is 11.0 Å². The number of carbonyl (C=O) groups is 1. The normalized spacial score (nSPS) is 18.0. The zero-order valence-electron chi connectivity index (χ0n) is 11.1. The van der Waals surface area contributed by atoms with E-state index in [2.05, 4.69) is 33.5 Å². The fraction of sp³-hybridized carbons (Fsp3) is 0.500. The molecule has 0 aromatic heterocycles. The summed E-state index contributed by atoms with van der Waals surface area (Å²) in [5.74, 6) is -0.413. The van der Waals surface area contributed by atoms with Crippen LogP contribution in [0.5, 0.6) is 0 Å². The van der Waals surface area contributed by atoms with Gasteiger partial charge in [-0.2, -0.15) is 0 Å². The van der Waals surface area contributed by atoms with Crippen molar-refractivity contribution in [3.05, 3.63) is 28.2 Å². The highest BCUT2D eigenvalue weighted by molar-refractivity contribution is 9.10. The number of rotatable bonds is 4. The molecule has 1 saturated heterocycles. The molecule has 1 aliphatic rings. The molecule has 4 nitrogen and oxygen atoms in total. The van der Waals surface area contributed by atoms with Crippen LogP contribution in [0.4, 0.5) is 5.69 Å². The quantitative estimate of drug-likeness (QED) is 0.796. The Kier molecular flexibility index (Phi) is 4.47. The van der Waals surface area contributed by atoms with E-state index in [4.69, 9.17) is 5.73 Å². The van der Waals surface area contributed by atoms with Gasteiger partial charge in [0, 0.05) is 16.7 Å². The van der Waals surface area contributed by atoms with E-state index in [1.54, 1.807) is 6.07 Å². The Morgan fingerprint density at radius 3 is 2.74 bits per heavy atom. The molecule has 0 radical (unpaired) electrons. The second-order valence-electron chi connectivity index (χ2n) is 5.47. The fourth-order valence-electron chi connectivity index (χ4n) is 2.35. The lowest BCUT2D eigenvalue weighted by atomic mass is 9.81. The first-order valence-corrected chi connectivity index (χ1v) is 7.33. The molecule has 0 unspecified atom stereocenters. The molecule has 2 rings (SSSR count). The molecule has 0 aliphatic carbocycles. The zero-order chi connectivity index (χ0) is 13.9. The van der Waals surface area contributed by atoms with Crippen molar-refractivity contribution in [3.8, 4) is 0 Å². The van der Waals surface area contributed by atoms with E-state index in [1.165, 1.54) is 12.8 Å². The van der Waals surface area contributed by atoms with Crippen molar-refractivity contribution in [2.45, 2.75) is 19.8 Å². The first-order chi connectivity index (χ1) is 9.00. The van der Waals surface area contributed by atoms with Gasteiger partial charge in [-0.25, -0.2) is 0 Å². The van der Waals surface area contributed by atoms with E-state index in [9.17, 15) is 4.79 Å². The molecule has 1 aromatic rings. The van der Waals surface area contributed by atoms with Gasteiger partial charge in [0.25, 0.3) is 0 Å². The highest BCUT2D eigenvalue weighted by Gasteiger charge is 2.26. The number of hydrogen-bond donors (Lipinski definition) is 3. The summed E-state index contributed by atoms with van der Waals surface area (Å²) in [6.07, 6.45) is 2.36. The van der Waals surface area contributed by atoms with E-state index in [1.807, 2.05) is 12.1 Å². The number of benzene rings is 1. The van der Waals surface area contributed by atoms with Gasteiger partial charge in [0.1, 0.15) is 0 Å². The highest BCUT2D eigenvalue weighted by Crippen LogP contribution is 2.29. The summed E-state index contributed by atoms with van der Waals surface area (Å²) in [5, 5.41) is 6.83. The zero-order valence-corrected chi connectivity index (χ0v) is 12.7.